The summed E-state index contributed by atoms with van der Waals surface area (Å²) >= 11 is 0. The quantitative estimate of drug-likeness (QED) is 0.372. The molecule has 0 aromatic carbocycles. The third kappa shape index (κ3) is 4.69. The molecule has 1 unspecified atom stereocenters. The molecule has 3 rings (SSSR count). The number of aromatic nitrogens is 3. The van der Waals surface area contributed by atoms with Gasteiger partial charge in [0.05, 0.1) is 11.2 Å². The second kappa shape index (κ2) is 9.72. The van der Waals surface area contributed by atoms with E-state index in [-0.39, 0.29) is 0 Å². The van der Waals surface area contributed by atoms with Crippen LogP contribution in [0.2, 0.25) is 0 Å². The van der Waals surface area contributed by atoms with Crippen LogP contribution in [0.1, 0.15) is 56.6 Å². The molecule has 29 heavy (non-hydrogen) atoms. The fourth-order valence-electron chi connectivity index (χ4n) is 3.84. The molecule has 2 heterocycles. The zero-order valence-electron chi connectivity index (χ0n) is 18.1. The van der Waals surface area contributed by atoms with Crippen molar-refractivity contribution in [2.45, 2.75) is 66.3 Å². The van der Waals surface area contributed by atoms with Gasteiger partial charge >= 0.3 is 0 Å². The largest absolute Gasteiger partial charge is 0.396 e. The van der Waals surface area contributed by atoms with Gasteiger partial charge in [0.1, 0.15) is 17.9 Å². The lowest BCUT2D eigenvalue weighted by Gasteiger charge is -2.14. The SMILES string of the molecule is CCCc1nc2c(N)nc(C)c(C)c2n1CCCO/N=C(\CC)C1C=CC=CC1. The second-order valence-electron chi connectivity index (χ2n) is 7.61. The van der Waals surface area contributed by atoms with Gasteiger partial charge < -0.3 is 15.1 Å². The Morgan fingerprint density at radius 3 is 2.79 bits per heavy atom. The molecule has 156 valence electrons. The zero-order valence-corrected chi connectivity index (χ0v) is 18.1. The van der Waals surface area contributed by atoms with Crippen LogP contribution in [0.4, 0.5) is 5.82 Å². The summed E-state index contributed by atoms with van der Waals surface area (Å²) in [7, 11) is 0. The van der Waals surface area contributed by atoms with E-state index in [0.717, 1.165) is 72.5 Å². The molecule has 6 nitrogen and oxygen atoms in total. The monoisotopic (exact) mass is 395 g/mol. The summed E-state index contributed by atoms with van der Waals surface area (Å²) in [5.74, 6) is 1.95. The molecule has 0 bridgehead atoms. The molecular weight excluding hydrogens is 362 g/mol. The number of nitrogens with two attached hydrogens (primary N) is 1. The molecule has 0 spiro atoms. The number of fused-ring (bicyclic) bond motifs is 1. The number of rotatable bonds is 9. The summed E-state index contributed by atoms with van der Waals surface area (Å²) in [4.78, 5) is 14.9. The predicted molar refractivity (Wildman–Crippen MR) is 120 cm³/mol. The first kappa shape index (κ1) is 21.1. The molecule has 1 aliphatic carbocycles. The fourth-order valence-corrected chi connectivity index (χ4v) is 3.84. The third-order valence-electron chi connectivity index (χ3n) is 5.52. The van der Waals surface area contributed by atoms with Gasteiger partial charge in [-0.25, -0.2) is 9.97 Å². The van der Waals surface area contributed by atoms with Gasteiger partial charge in [0.15, 0.2) is 5.82 Å². The standard InChI is InChI=1S/C23H33N5O/c1-5-11-20-26-21-22(16(3)17(4)25-23(21)24)28(20)14-10-15-29-27-19(6-2)18-12-8-7-9-13-18/h7-9,12,18H,5-6,10-11,13-15H2,1-4H3,(H2,24,25)/b27-19+. The minimum absolute atomic E-state index is 0.361. The summed E-state index contributed by atoms with van der Waals surface area (Å²) in [6.45, 7) is 9.81. The van der Waals surface area contributed by atoms with Crippen molar-refractivity contribution >= 4 is 22.6 Å². The third-order valence-corrected chi connectivity index (χ3v) is 5.52. The average molecular weight is 396 g/mol. The Morgan fingerprint density at radius 1 is 1.28 bits per heavy atom. The van der Waals surface area contributed by atoms with Crippen molar-refractivity contribution in [3.05, 3.63) is 41.4 Å². The molecule has 2 N–H and O–H groups in total. The van der Waals surface area contributed by atoms with E-state index in [4.69, 9.17) is 15.6 Å². The lowest BCUT2D eigenvalue weighted by molar-refractivity contribution is 0.136. The molecule has 1 atom stereocenters. The van der Waals surface area contributed by atoms with E-state index in [1.54, 1.807) is 0 Å². The van der Waals surface area contributed by atoms with Crippen LogP contribution in [0.25, 0.3) is 11.0 Å². The number of hydrogen-bond donors (Lipinski definition) is 1. The molecule has 0 radical (unpaired) electrons. The summed E-state index contributed by atoms with van der Waals surface area (Å²) in [5, 5.41) is 4.43. The van der Waals surface area contributed by atoms with Crippen molar-refractivity contribution in [1.82, 2.24) is 14.5 Å². The molecular formula is C23H33N5O. The van der Waals surface area contributed by atoms with Crippen LogP contribution in [-0.2, 0) is 17.8 Å². The van der Waals surface area contributed by atoms with E-state index in [1.807, 2.05) is 6.92 Å². The molecule has 2 aromatic rings. The van der Waals surface area contributed by atoms with Crippen LogP contribution in [-0.4, -0.2) is 26.9 Å². The molecule has 0 amide bonds. The van der Waals surface area contributed by atoms with Crippen LogP contribution >= 0.6 is 0 Å². The van der Waals surface area contributed by atoms with E-state index in [0.29, 0.717) is 18.3 Å². The first-order valence-corrected chi connectivity index (χ1v) is 10.7. The zero-order chi connectivity index (χ0) is 20.8. The number of oxime groups is 1. The summed E-state index contributed by atoms with van der Waals surface area (Å²) in [6.07, 6.45) is 13.3. The summed E-state index contributed by atoms with van der Waals surface area (Å²) in [6, 6.07) is 0. The molecule has 0 aliphatic heterocycles. The number of allylic oxidation sites excluding steroid dienone is 4. The van der Waals surface area contributed by atoms with Crippen LogP contribution in [0, 0.1) is 19.8 Å². The fraction of sp³-hybridized carbons (Fsp3) is 0.522. The normalized spacial score (nSPS) is 16.7. The lowest BCUT2D eigenvalue weighted by atomic mass is 9.94. The average Bonchev–Trinajstić information content (AvgIpc) is 3.09. The van der Waals surface area contributed by atoms with Gasteiger partial charge in [0.25, 0.3) is 0 Å². The van der Waals surface area contributed by atoms with Crippen molar-refractivity contribution in [3.8, 4) is 0 Å². The Morgan fingerprint density at radius 2 is 2.10 bits per heavy atom. The maximum Gasteiger partial charge on any atom is 0.151 e. The topological polar surface area (TPSA) is 78.3 Å². The molecule has 0 saturated heterocycles. The Kier molecular flexibility index (Phi) is 7.07. The van der Waals surface area contributed by atoms with Gasteiger partial charge in [0.2, 0.25) is 0 Å². The van der Waals surface area contributed by atoms with Crippen LogP contribution in [0.15, 0.2) is 29.5 Å². The second-order valence-corrected chi connectivity index (χ2v) is 7.61. The molecule has 2 aromatic heterocycles. The molecule has 0 fully saturated rings. The highest BCUT2D eigenvalue weighted by Crippen LogP contribution is 2.27. The van der Waals surface area contributed by atoms with E-state index >= 15 is 0 Å². The smallest absolute Gasteiger partial charge is 0.151 e. The van der Waals surface area contributed by atoms with Gasteiger partial charge in [0, 0.05) is 31.0 Å². The number of hydrogen-bond acceptors (Lipinski definition) is 5. The maximum absolute atomic E-state index is 6.16. The van der Waals surface area contributed by atoms with E-state index < -0.39 is 0 Å². The highest BCUT2D eigenvalue weighted by atomic mass is 16.6. The number of nitrogen functional groups attached to an aromatic ring is 1. The minimum atomic E-state index is 0.361. The summed E-state index contributed by atoms with van der Waals surface area (Å²) in [5.41, 5.74) is 11.3. The van der Waals surface area contributed by atoms with Gasteiger partial charge in [-0.1, -0.05) is 43.3 Å². The number of aryl methyl sites for hydroxylation is 4. The van der Waals surface area contributed by atoms with Gasteiger partial charge in [-0.3, -0.25) is 0 Å². The van der Waals surface area contributed by atoms with Gasteiger partial charge in [-0.2, -0.15) is 0 Å². The van der Waals surface area contributed by atoms with Crippen LogP contribution in [0.5, 0.6) is 0 Å². The minimum Gasteiger partial charge on any atom is -0.396 e. The first-order valence-electron chi connectivity index (χ1n) is 10.7. The van der Waals surface area contributed by atoms with Crippen molar-refractivity contribution in [2.75, 3.05) is 12.3 Å². The van der Waals surface area contributed by atoms with Gasteiger partial charge in [-0.15, -0.1) is 0 Å². The van der Waals surface area contributed by atoms with Crippen molar-refractivity contribution in [1.29, 1.82) is 0 Å². The Hall–Kier alpha value is -2.63. The predicted octanol–water partition coefficient (Wildman–Crippen LogP) is 4.89. The summed E-state index contributed by atoms with van der Waals surface area (Å²) < 4.78 is 2.29. The maximum atomic E-state index is 6.16. The molecule has 6 heteroatoms. The van der Waals surface area contributed by atoms with E-state index in [1.165, 1.54) is 0 Å². The number of nitrogens with zero attached hydrogens (tertiary/aromatic N) is 4. The van der Waals surface area contributed by atoms with Gasteiger partial charge in [-0.05, 0) is 38.7 Å². The van der Waals surface area contributed by atoms with Crippen LogP contribution < -0.4 is 5.73 Å². The van der Waals surface area contributed by atoms with E-state index in [2.05, 4.69) is 59.8 Å². The number of anilines is 1. The Bertz CT molecular complexity index is 939. The first-order chi connectivity index (χ1) is 14.1. The highest BCUT2D eigenvalue weighted by molar-refractivity contribution is 5.89. The van der Waals surface area contributed by atoms with Crippen molar-refractivity contribution < 1.29 is 4.84 Å². The van der Waals surface area contributed by atoms with E-state index in [9.17, 15) is 0 Å². The number of pyridine rings is 1. The Balaban J connectivity index is 1.70. The molecule has 0 saturated carbocycles. The van der Waals surface area contributed by atoms with Crippen LogP contribution in [0.3, 0.4) is 0 Å². The molecule has 1 aliphatic rings. The van der Waals surface area contributed by atoms with Crippen molar-refractivity contribution in [2.24, 2.45) is 11.1 Å². The lowest BCUT2D eigenvalue weighted by Crippen LogP contribution is -2.13. The Labute approximate surface area is 173 Å². The number of imidazole rings is 1. The van der Waals surface area contributed by atoms with Crippen molar-refractivity contribution in [3.63, 3.8) is 0 Å². The highest BCUT2D eigenvalue weighted by Gasteiger charge is 2.17.